The van der Waals surface area contributed by atoms with E-state index in [1.54, 1.807) is 0 Å². The lowest BCUT2D eigenvalue weighted by Gasteiger charge is -2.34. The fourth-order valence-electron chi connectivity index (χ4n) is 5.05. The van der Waals surface area contributed by atoms with Crippen molar-refractivity contribution in [1.82, 2.24) is 0 Å². The third-order valence-electron chi connectivity index (χ3n) is 7.51. The van der Waals surface area contributed by atoms with Gasteiger partial charge in [-0.05, 0) is 58.3 Å². The van der Waals surface area contributed by atoms with E-state index < -0.39 is 0 Å². The molecule has 2 nitrogen and oxygen atoms in total. The molecule has 0 saturated heterocycles. The van der Waals surface area contributed by atoms with Crippen molar-refractivity contribution in [2.45, 2.75) is 104 Å². The van der Waals surface area contributed by atoms with E-state index >= 15 is 0 Å². The van der Waals surface area contributed by atoms with Crippen molar-refractivity contribution in [2.75, 3.05) is 6.61 Å². The van der Waals surface area contributed by atoms with Crippen LogP contribution in [0.5, 0.6) is 0 Å². The summed E-state index contributed by atoms with van der Waals surface area (Å²) < 4.78 is 5.64. The predicted molar refractivity (Wildman–Crippen MR) is 127 cm³/mol. The van der Waals surface area contributed by atoms with E-state index in [4.69, 9.17) is 4.74 Å². The lowest BCUT2D eigenvalue weighted by atomic mass is 9.70. The van der Waals surface area contributed by atoms with Gasteiger partial charge >= 0.3 is 5.97 Å². The molecule has 0 unspecified atom stereocenters. The number of hydrogen-bond donors (Lipinski definition) is 0. The molecule has 2 aliphatic carbocycles. The molecule has 2 atom stereocenters. The number of unbranched alkanes of at least 4 members (excludes halogenated alkanes) is 4. The molecule has 30 heavy (non-hydrogen) atoms. The highest BCUT2D eigenvalue weighted by Crippen LogP contribution is 2.55. The van der Waals surface area contributed by atoms with Gasteiger partial charge in [-0.3, -0.25) is 4.79 Å². The Morgan fingerprint density at radius 3 is 2.57 bits per heavy atom. The van der Waals surface area contributed by atoms with Crippen molar-refractivity contribution in [3.05, 3.63) is 41.0 Å². The van der Waals surface area contributed by atoms with Gasteiger partial charge < -0.3 is 4.74 Å². The molecule has 1 aromatic carbocycles. The second kappa shape index (κ2) is 9.28. The van der Waals surface area contributed by atoms with E-state index in [1.165, 1.54) is 41.5 Å². The summed E-state index contributed by atoms with van der Waals surface area (Å²) in [4.78, 5) is 12.1. The summed E-state index contributed by atoms with van der Waals surface area (Å²) in [5.41, 5.74) is 6.15. The summed E-state index contributed by atoms with van der Waals surface area (Å²) in [6.45, 7) is 14.4. The number of fused-ring (bicyclic) bond motifs is 1. The minimum Gasteiger partial charge on any atom is -0.465 e. The van der Waals surface area contributed by atoms with Crippen LogP contribution in [0.4, 0.5) is 0 Å². The van der Waals surface area contributed by atoms with Crippen LogP contribution in [0.25, 0.3) is 5.57 Å². The van der Waals surface area contributed by atoms with Gasteiger partial charge in [0.2, 0.25) is 0 Å². The lowest BCUT2D eigenvalue weighted by molar-refractivity contribution is -0.144. The highest BCUT2D eigenvalue weighted by Gasteiger charge is 2.52. The summed E-state index contributed by atoms with van der Waals surface area (Å²) in [5, 5.41) is 0. The summed E-state index contributed by atoms with van der Waals surface area (Å²) in [6.07, 6.45) is 11.1. The fraction of sp³-hybridized carbons (Fsp3) is 0.679. The van der Waals surface area contributed by atoms with Crippen molar-refractivity contribution in [3.63, 3.8) is 0 Å². The molecule has 0 aliphatic heterocycles. The number of allylic oxidation sites excluding steroid dienone is 2. The zero-order valence-electron chi connectivity index (χ0n) is 20.1. The number of hydrogen-bond acceptors (Lipinski definition) is 2. The van der Waals surface area contributed by atoms with Crippen LogP contribution in [0, 0.1) is 11.8 Å². The first-order chi connectivity index (χ1) is 14.2. The minimum atomic E-state index is -0.0158. The van der Waals surface area contributed by atoms with Crippen molar-refractivity contribution < 1.29 is 9.53 Å². The SMILES string of the molecule is CCCCCCCC(=O)OC[C@@H]1C[C@]1(C)c1ccc2c(c1)C(C(C)C)=CCC2(C)C. The first-order valence-electron chi connectivity index (χ1n) is 12.2. The molecular formula is C28H42O2. The summed E-state index contributed by atoms with van der Waals surface area (Å²) in [7, 11) is 0. The molecule has 1 fully saturated rings. The van der Waals surface area contributed by atoms with Gasteiger partial charge in [0.25, 0.3) is 0 Å². The van der Waals surface area contributed by atoms with Gasteiger partial charge in [-0.1, -0.05) is 91.5 Å². The smallest absolute Gasteiger partial charge is 0.305 e. The average molecular weight is 411 g/mol. The number of esters is 1. The number of rotatable bonds is 10. The Balaban J connectivity index is 1.60. The molecule has 1 saturated carbocycles. The third kappa shape index (κ3) is 5.01. The van der Waals surface area contributed by atoms with Gasteiger partial charge in [0, 0.05) is 12.3 Å². The van der Waals surface area contributed by atoms with Crippen molar-refractivity contribution in [1.29, 1.82) is 0 Å². The van der Waals surface area contributed by atoms with Gasteiger partial charge in [-0.2, -0.15) is 0 Å². The molecule has 0 aromatic heterocycles. The normalized spacial score (nSPS) is 24.4. The van der Waals surface area contributed by atoms with E-state index in [-0.39, 0.29) is 16.8 Å². The fourth-order valence-corrected chi connectivity index (χ4v) is 5.05. The van der Waals surface area contributed by atoms with Crippen LogP contribution >= 0.6 is 0 Å². The number of benzene rings is 1. The molecule has 0 spiro atoms. The molecular weight excluding hydrogens is 368 g/mol. The monoisotopic (exact) mass is 410 g/mol. The Hall–Kier alpha value is -1.57. The maximum atomic E-state index is 12.1. The van der Waals surface area contributed by atoms with Crippen LogP contribution in [0.1, 0.15) is 110 Å². The highest BCUT2D eigenvalue weighted by molar-refractivity contribution is 5.74. The number of carbonyl (C=O) groups is 1. The van der Waals surface area contributed by atoms with Gasteiger partial charge in [0.15, 0.2) is 0 Å². The second-order valence-corrected chi connectivity index (χ2v) is 10.8. The Labute approximate surface area is 184 Å². The highest BCUT2D eigenvalue weighted by atomic mass is 16.5. The van der Waals surface area contributed by atoms with Crippen LogP contribution in [0.3, 0.4) is 0 Å². The molecule has 1 aromatic rings. The number of ether oxygens (including phenoxy) is 1. The van der Waals surface area contributed by atoms with E-state index in [0.717, 1.165) is 25.7 Å². The summed E-state index contributed by atoms with van der Waals surface area (Å²) >= 11 is 0. The Morgan fingerprint density at radius 1 is 1.13 bits per heavy atom. The quantitative estimate of drug-likeness (QED) is 0.293. The molecule has 3 rings (SSSR count). The van der Waals surface area contributed by atoms with Crippen LogP contribution in [0.15, 0.2) is 24.3 Å². The van der Waals surface area contributed by atoms with Gasteiger partial charge in [-0.25, -0.2) is 0 Å². The first-order valence-corrected chi connectivity index (χ1v) is 12.2. The summed E-state index contributed by atoms with van der Waals surface area (Å²) in [5.74, 6) is 0.969. The molecule has 166 valence electrons. The van der Waals surface area contributed by atoms with E-state index in [2.05, 4.69) is 65.8 Å². The van der Waals surface area contributed by atoms with Crippen LogP contribution in [-0.4, -0.2) is 12.6 Å². The van der Waals surface area contributed by atoms with Crippen molar-refractivity contribution in [3.8, 4) is 0 Å². The van der Waals surface area contributed by atoms with E-state index in [0.29, 0.717) is 24.9 Å². The summed E-state index contributed by atoms with van der Waals surface area (Å²) in [6, 6.07) is 7.14. The van der Waals surface area contributed by atoms with Gasteiger partial charge in [0.05, 0.1) is 6.61 Å². The Kier molecular flexibility index (Phi) is 7.15. The zero-order chi connectivity index (χ0) is 21.9. The van der Waals surface area contributed by atoms with E-state index in [9.17, 15) is 4.79 Å². The van der Waals surface area contributed by atoms with Gasteiger partial charge in [0.1, 0.15) is 0 Å². The molecule has 0 heterocycles. The number of carbonyl (C=O) groups excluding carboxylic acids is 1. The largest absolute Gasteiger partial charge is 0.465 e. The van der Waals surface area contributed by atoms with Crippen LogP contribution in [-0.2, 0) is 20.4 Å². The molecule has 0 bridgehead atoms. The average Bonchev–Trinajstić information content (AvgIpc) is 3.37. The second-order valence-electron chi connectivity index (χ2n) is 10.8. The van der Waals surface area contributed by atoms with Crippen molar-refractivity contribution >= 4 is 11.5 Å². The Morgan fingerprint density at radius 2 is 1.87 bits per heavy atom. The molecule has 2 heteroatoms. The van der Waals surface area contributed by atoms with E-state index in [1.807, 2.05) is 0 Å². The maximum Gasteiger partial charge on any atom is 0.305 e. The standard InChI is InChI=1S/C28H42O2/c1-7-8-9-10-11-12-26(29)30-19-22-18-28(22,6)21-13-14-25-24(17-21)23(20(2)3)15-16-27(25,4)5/h13-15,17,20,22H,7-12,16,18-19H2,1-6H3/t22-,28+/m0/s1. The molecule has 0 radical (unpaired) electrons. The minimum absolute atomic E-state index is 0.0158. The van der Waals surface area contributed by atoms with Crippen molar-refractivity contribution in [2.24, 2.45) is 11.8 Å². The lowest BCUT2D eigenvalue weighted by Crippen LogP contribution is -2.23. The first kappa shape index (κ1) is 23.1. The van der Waals surface area contributed by atoms with Crippen LogP contribution < -0.4 is 0 Å². The molecule has 2 aliphatic rings. The maximum absolute atomic E-state index is 12.1. The molecule has 0 N–H and O–H groups in total. The topological polar surface area (TPSA) is 26.3 Å². The zero-order valence-corrected chi connectivity index (χ0v) is 20.1. The van der Waals surface area contributed by atoms with Crippen LogP contribution in [0.2, 0.25) is 0 Å². The molecule has 0 amide bonds. The van der Waals surface area contributed by atoms with Gasteiger partial charge in [-0.15, -0.1) is 0 Å². The third-order valence-corrected chi connectivity index (χ3v) is 7.51. The Bertz CT molecular complexity index is 786. The predicted octanol–water partition coefficient (Wildman–Crippen LogP) is 7.59.